The standard InChI is InChI=1S/C29H26NO2P/c1-30-27-20-12-11-19-26(27)29(28(30)31,21-23-13-5-2-6-14-23)22-33(32,24-15-7-3-8-16-24)25-17-9-4-10-18-25/h2-20H,21-22H2,1H3. The monoisotopic (exact) mass is 451 g/mol. The smallest absolute Gasteiger partial charge is 0.238 e. The van der Waals surface area contributed by atoms with Gasteiger partial charge in [0.1, 0.15) is 7.14 Å². The Hall–Kier alpha value is -3.42. The van der Waals surface area contributed by atoms with Crippen LogP contribution in [0.2, 0.25) is 0 Å². The van der Waals surface area contributed by atoms with E-state index >= 15 is 4.57 Å². The quantitative estimate of drug-likeness (QED) is 0.380. The van der Waals surface area contributed by atoms with Crippen LogP contribution in [0.15, 0.2) is 115 Å². The van der Waals surface area contributed by atoms with Gasteiger partial charge in [0, 0.05) is 29.5 Å². The Morgan fingerprint density at radius 2 is 1.18 bits per heavy atom. The summed E-state index contributed by atoms with van der Waals surface area (Å²) in [5.41, 5.74) is 1.98. The van der Waals surface area contributed by atoms with E-state index in [-0.39, 0.29) is 12.1 Å². The molecule has 4 heteroatoms. The second-order valence-electron chi connectivity index (χ2n) is 8.69. The number of amides is 1. The summed E-state index contributed by atoms with van der Waals surface area (Å²) in [4.78, 5) is 15.8. The topological polar surface area (TPSA) is 37.4 Å². The van der Waals surface area contributed by atoms with Crippen molar-refractivity contribution in [1.29, 1.82) is 0 Å². The van der Waals surface area contributed by atoms with Crippen molar-refractivity contribution in [2.45, 2.75) is 11.8 Å². The Kier molecular flexibility index (Phi) is 5.52. The number of benzene rings is 4. The Bertz CT molecular complexity index is 1280. The van der Waals surface area contributed by atoms with Crippen molar-refractivity contribution in [3.8, 4) is 0 Å². The minimum atomic E-state index is -3.14. The maximum atomic E-state index is 15.1. The highest BCUT2D eigenvalue weighted by atomic mass is 31.2. The van der Waals surface area contributed by atoms with E-state index in [1.807, 2.05) is 122 Å². The zero-order chi connectivity index (χ0) is 22.9. The maximum Gasteiger partial charge on any atom is 0.238 e. The predicted octanol–water partition coefficient (Wildman–Crippen LogP) is 5.16. The van der Waals surface area contributed by atoms with E-state index in [1.165, 1.54) is 0 Å². The van der Waals surface area contributed by atoms with Gasteiger partial charge in [-0.3, -0.25) is 4.79 Å². The Labute approximate surface area is 195 Å². The van der Waals surface area contributed by atoms with E-state index in [4.69, 9.17) is 0 Å². The van der Waals surface area contributed by atoms with E-state index in [1.54, 1.807) is 4.90 Å². The zero-order valence-corrected chi connectivity index (χ0v) is 19.5. The van der Waals surface area contributed by atoms with Gasteiger partial charge in [0.2, 0.25) is 5.91 Å². The fourth-order valence-corrected chi connectivity index (χ4v) is 8.24. The average Bonchev–Trinajstić information content (AvgIpc) is 3.07. The molecule has 4 aromatic carbocycles. The van der Waals surface area contributed by atoms with Gasteiger partial charge in [-0.15, -0.1) is 0 Å². The molecule has 0 fully saturated rings. The molecule has 0 saturated heterocycles. The molecule has 0 spiro atoms. The van der Waals surface area contributed by atoms with Gasteiger partial charge in [0.25, 0.3) is 0 Å². The normalized spacial score (nSPS) is 17.7. The highest BCUT2D eigenvalue weighted by molar-refractivity contribution is 7.78. The minimum absolute atomic E-state index is 0.000333. The van der Waals surface area contributed by atoms with Gasteiger partial charge >= 0.3 is 0 Å². The highest BCUT2D eigenvalue weighted by Crippen LogP contribution is 2.54. The molecule has 5 rings (SSSR count). The molecular formula is C29H26NO2P. The van der Waals surface area contributed by atoms with Gasteiger partial charge in [-0.2, -0.15) is 0 Å². The van der Waals surface area contributed by atoms with Gasteiger partial charge < -0.3 is 9.46 Å². The van der Waals surface area contributed by atoms with E-state index in [9.17, 15) is 4.79 Å². The third-order valence-corrected chi connectivity index (χ3v) is 9.93. The summed E-state index contributed by atoms with van der Waals surface area (Å²) in [7, 11) is -1.32. The van der Waals surface area contributed by atoms with Crippen molar-refractivity contribution in [1.82, 2.24) is 0 Å². The molecule has 1 amide bonds. The van der Waals surface area contributed by atoms with Crippen LogP contribution in [0.5, 0.6) is 0 Å². The van der Waals surface area contributed by atoms with E-state index in [0.717, 1.165) is 27.4 Å². The van der Waals surface area contributed by atoms with Crippen LogP contribution in [0.25, 0.3) is 0 Å². The van der Waals surface area contributed by atoms with Crippen LogP contribution in [-0.4, -0.2) is 19.1 Å². The zero-order valence-electron chi connectivity index (χ0n) is 18.6. The fraction of sp³-hybridized carbons (Fsp3) is 0.138. The molecule has 164 valence electrons. The third kappa shape index (κ3) is 3.63. The molecular weight excluding hydrogens is 425 g/mol. The number of fused-ring (bicyclic) bond motifs is 1. The molecule has 1 unspecified atom stereocenters. The molecule has 33 heavy (non-hydrogen) atoms. The van der Waals surface area contributed by atoms with Crippen molar-refractivity contribution < 1.29 is 9.36 Å². The summed E-state index contributed by atoms with van der Waals surface area (Å²) in [6, 6.07) is 37.3. The number of nitrogens with zero attached hydrogens (tertiary/aromatic N) is 1. The number of anilines is 1. The molecule has 1 atom stereocenters. The third-order valence-electron chi connectivity index (χ3n) is 6.68. The molecule has 1 aliphatic rings. The second kappa shape index (κ2) is 8.50. The molecule has 4 aromatic rings. The van der Waals surface area contributed by atoms with Crippen LogP contribution in [-0.2, 0) is 21.2 Å². The minimum Gasteiger partial charge on any atom is -0.314 e. The molecule has 0 aromatic heterocycles. The SMILES string of the molecule is CN1C(=O)C(Cc2ccccc2)(CP(=O)(c2ccccc2)c2ccccc2)c2ccccc21. The maximum absolute atomic E-state index is 15.1. The molecule has 0 radical (unpaired) electrons. The van der Waals surface area contributed by atoms with Crippen LogP contribution in [0.1, 0.15) is 11.1 Å². The average molecular weight is 452 g/mol. The summed E-state index contributed by atoms with van der Waals surface area (Å²) in [6.07, 6.45) is 0.737. The van der Waals surface area contributed by atoms with Crippen LogP contribution in [0, 0.1) is 0 Å². The number of carbonyl (C=O) groups excluding carboxylic acids is 1. The van der Waals surface area contributed by atoms with Gasteiger partial charge in [0.05, 0.1) is 5.41 Å². The van der Waals surface area contributed by atoms with Gasteiger partial charge in [-0.1, -0.05) is 109 Å². The molecule has 0 N–H and O–H groups in total. The summed E-state index contributed by atoms with van der Waals surface area (Å²) >= 11 is 0. The Balaban J connectivity index is 1.74. The lowest BCUT2D eigenvalue weighted by Gasteiger charge is -2.33. The molecule has 1 heterocycles. The van der Waals surface area contributed by atoms with Gasteiger partial charge in [-0.25, -0.2) is 0 Å². The number of hydrogen-bond acceptors (Lipinski definition) is 2. The van der Waals surface area contributed by atoms with Crippen molar-refractivity contribution in [2.75, 3.05) is 18.1 Å². The van der Waals surface area contributed by atoms with Crippen molar-refractivity contribution in [3.63, 3.8) is 0 Å². The number of rotatable bonds is 6. The first kappa shape index (κ1) is 21.4. The molecule has 1 aliphatic heterocycles. The lowest BCUT2D eigenvalue weighted by atomic mass is 9.78. The number of hydrogen-bond donors (Lipinski definition) is 0. The van der Waals surface area contributed by atoms with Crippen molar-refractivity contribution >= 4 is 29.3 Å². The van der Waals surface area contributed by atoms with E-state index in [2.05, 4.69) is 0 Å². The van der Waals surface area contributed by atoms with Crippen molar-refractivity contribution in [2.24, 2.45) is 0 Å². The number of para-hydroxylation sites is 1. The van der Waals surface area contributed by atoms with Crippen LogP contribution < -0.4 is 15.5 Å². The van der Waals surface area contributed by atoms with Crippen LogP contribution in [0.4, 0.5) is 5.69 Å². The highest BCUT2D eigenvalue weighted by Gasteiger charge is 2.53. The molecule has 3 nitrogen and oxygen atoms in total. The fourth-order valence-electron chi connectivity index (χ4n) is 5.09. The molecule has 0 saturated carbocycles. The van der Waals surface area contributed by atoms with Gasteiger partial charge in [-0.05, 0) is 23.6 Å². The first-order valence-corrected chi connectivity index (χ1v) is 13.1. The summed E-state index contributed by atoms with van der Waals surface area (Å²) in [5.74, 6) is -0.000333. The van der Waals surface area contributed by atoms with Crippen molar-refractivity contribution in [3.05, 3.63) is 126 Å². The summed E-state index contributed by atoms with van der Waals surface area (Å²) < 4.78 is 15.1. The lowest BCUT2D eigenvalue weighted by Crippen LogP contribution is -2.45. The first-order chi connectivity index (χ1) is 16.0. The van der Waals surface area contributed by atoms with E-state index in [0.29, 0.717) is 6.42 Å². The number of carbonyl (C=O) groups is 1. The largest absolute Gasteiger partial charge is 0.314 e. The Morgan fingerprint density at radius 3 is 1.76 bits per heavy atom. The second-order valence-corrected chi connectivity index (χ2v) is 11.5. The predicted molar refractivity (Wildman–Crippen MR) is 136 cm³/mol. The lowest BCUT2D eigenvalue weighted by molar-refractivity contribution is -0.122. The number of likely N-dealkylation sites (N-methyl/N-ethyl adjacent to an activating group) is 1. The Morgan fingerprint density at radius 1 is 0.697 bits per heavy atom. The molecule has 0 aliphatic carbocycles. The van der Waals surface area contributed by atoms with Crippen LogP contribution >= 0.6 is 7.14 Å². The summed E-state index contributed by atoms with van der Waals surface area (Å²) in [5, 5.41) is 1.56. The van der Waals surface area contributed by atoms with Crippen LogP contribution in [0.3, 0.4) is 0 Å². The first-order valence-electron chi connectivity index (χ1n) is 11.2. The summed E-state index contributed by atoms with van der Waals surface area (Å²) in [6.45, 7) is 0. The molecule has 0 bridgehead atoms. The van der Waals surface area contributed by atoms with Gasteiger partial charge in [0.15, 0.2) is 0 Å². The van der Waals surface area contributed by atoms with E-state index < -0.39 is 12.6 Å².